The maximum absolute atomic E-state index is 13.6. The van der Waals surface area contributed by atoms with Crippen molar-refractivity contribution < 1.29 is 37.1 Å². The second-order valence-corrected chi connectivity index (χ2v) is 14.7. The number of alkyl carbamates (subject to hydrolysis) is 1. The van der Waals surface area contributed by atoms with Gasteiger partial charge in [0.2, 0.25) is 21.8 Å². The van der Waals surface area contributed by atoms with Gasteiger partial charge in [0, 0.05) is 29.6 Å². The van der Waals surface area contributed by atoms with E-state index < -0.39 is 51.5 Å². The topological polar surface area (TPSA) is 160 Å². The predicted octanol–water partition coefficient (Wildman–Crippen LogP) is 2.88. The van der Waals surface area contributed by atoms with E-state index in [4.69, 9.17) is 21.1 Å². The SMILES string of the molecule is COC(=O)C(CC1CC2(CCN(S(C)(=O)=O)CC2)NC1=O)NC(=O)C(CC1CCCCC1)NC(=O)OCc1cccc(Cl)c1. The Morgan fingerprint density at radius 2 is 1.80 bits per heavy atom. The van der Waals surface area contributed by atoms with Crippen molar-refractivity contribution in [2.45, 2.75) is 88.4 Å². The predicted molar refractivity (Wildman–Crippen MR) is 163 cm³/mol. The summed E-state index contributed by atoms with van der Waals surface area (Å²) in [6.07, 6.45) is 7.21. The van der Waals surface area contributed by atoms with E-state index in [1.54, 1.807) is 24.3 Å². The number of nitrogens with zero attached hydrogens (tertiary/aromatic N) is 1. The van der Waals surface area contributed by atoms with Gasteiger partial charge in [-0.15, -0.1) is 0 Å². The molecule has 1 aliphatic carbocycles. The largest absolute Gasteiger partial charge is 0.467 e. The number of piperidine rings is 1. The Morgan fingerprint density at radius 1 is 1.09 bits per heavy atom. The van der Waals surface area contributed by atoms with Crippen LogP contribution in [0.2, 0.25) is 5.02 Å². The Balaban J connectivity index is 1.40. The number of hydrogen-bond donors (Lipinski definition) is 3. The number of rotatable bonds is 11. The van der Waals surface area contributed by atoms with E-state index >= 15 is 0 Å². The highest BCUT2D eigenvalue weighted by atomic mass is 35.5. The molecule has 3 amide bonds. The quantitative estimate of drug-likeness (QED) is 0.307. The van der Waals surface area contributed by atoms with Crippen molar-refractivity contribution >= 4 is 45.5 Å². The summed E-state index contributed by atoms with van der Waals surface area (Å²) in [5.74, 6) is -1.86. The maximum Gasteiger partial charge on any atom is 0.408 e. The van der Waals surface area contributed by atoms with Gasteiger partial charge in [-0.2, -0.15) is 0 Å². The van der Waals surface area contributed by atoms with Crippen molar-refractivity contribution in [3.8, 4) is 0 Å². The number of sulfonamides is 1. The van der Waals surface area contributed by atoms with Gasteiger partial charge in [-0.1, -0.05) is 55.8 Å². The number of hydrogen-bond acceptors (Lipinski definition) is 8. The normalized spacial score (nSPS) is 22.1. The second-order valence-electron chi connectivity index (χ2n) is 12.3. The summed E-state index contributed by atoms with van der Waals surface area (Å²) in [4.78, 5) is 52.2. The van der Waals surface area contributed by atoms with Crippen LogP contribution in [0.25, 0.3) is 0 Å². The van der Waals surface area contributed by atoms with Crippen LogP contribution >= 0.6 is 11.6 Å². The third-order valence-electron chi connectivity index (χ3n) is 9.03. The minimum Gasteiger partial charge on any atom is -0.467 e. The third-order valence-corrected chi connectivity index (χ3v) is 10.6. The highest BCUT2D eigenvalue weighted by Gasteiger charge is 2.48. The van der Waals surface area contributed by atoms with Crippen molar-refractivity contribution in [3.05, 3.63) is 34.9 Å². The number of carbonyl (C=O) groups excluding carboxylic acids is 4. The Bertz CT molecular complexity index is 1310. The van der Waals surface area contributed by atoms with E-state index in [1.165, 1.54) is 17.7 Å². The van der Waals surface area contributed by atoms with Crippen molar-refractivity contribution in [1.29, 1.82) is 0 Å². The Labute approximate surface area is 264 Å². The molecule has 0 aromatic heterocycles. The minimum atomic E-state index is -3.33. The zero-order valence-electron chi connectivity index (χ0n) is 25.3. The average Bonchev–Trinajstić information content (AvgIpc) is 3.28. The smallest absolute Gasteiger partial charge is 0.408 e. The zero-order valence-corrected chi connectivity index (χ0v) is 26.9. The van der Waals surface area contributed by atoms with Crippen LogP contribution in [-0.4, -0.2) is 80.7 Å². The molecule has 14 heteroatoms. The van der Waals surface area contributed by atoms with E-state index in [-0.39, 0.29) is 24.9 Å². The number of methoxy groups -OCH3 is 1. The molecule has 3 fully saturated rings. The molecule has 1 aromatic carbocycles. The Morgan fingerprint density at radius 3 is 2.43 bits per heavy atom. The van der Waals surface area contributed by atoms with E-state index in [9.17, 15) is 27.6 Å². The number of carbonyl (C=O) groups is 4. The summed E-state index contributed by atoms with van der Waals surface area (Å²) in [5, 5.41) is 8.97. The third kappa shape index (κ3) is 9.31. The molecule has 1 aromatic rings. The molecular formula is C30H43ClN4O8S. The fourth-order valence-electron chi connectivity index (χ4n) is 6.60. The summed E-state index contributed by atoms with van der Waals surface area (Å²) in [6.45, 7) is 0.561. The highest BCUT2D eigenvalue weighted by molar-refractivity contribution is 7.88. The zero-order chi connectivity index (χ0) is 31.9. The molecule has 1 spiro atoms. The van der Waals surface area contributed by atoms with Gasteiger partial charge >= 0.3 is 12.1 Å². The first-order valence-corrected chi connectivity index (χ1v) is 17.4. The minimum absolute atomic E-state index is 0.0111. The maximum atomic E-state index is 13.6. The van der Waals surface area contributed by atoms with E-state index in [2.05, 4.69) is 16.0 Å². The molecule has 3 unspecified atom stereocenters. The van der Waals surface area contributed by atoms with Crippen LogP contribution < -0.4 is 16.0 Å². The van der Waals surface area contributed by atoms with Crippen molar-refractivity contribution in [2.24, 2.45) is 11.8 Å². The molecule has 2 saturated heterocycles. The highest BCUT2D eigenvalue weighted by Crippen LogP contribution is 2.37. The first-order valence-electron chi connectivity index (χ1n) is 15.2. The number of esters is 1. The van der Waals surface area contributed by atoms with E-state index in [0.29, 0.717) is 49.4 Å². The lowest BCUT2D eigenvalue weighted by molar-refractivity contribution is -0.146. The fraction of sp³-hybridized carbons (Fsp3) is 0.667. The molecule has 44 heavy (non-hydrogen) atoms. The van der Waals surface area contributed by atoms with Crippen LogP contribution in [0, 0.1) is 11.8 Å². The summed E-state index contributed by atoms with van der Waals surface area (Å²) in [7, 11) is -2.11. The van der Waals surface area contributed by atoms with Crippen LogP contribution in [-0.2, 0) is 40.5 Å². The number of ether oxygens (including phenoxy) is 2. The first kappa shape index (κ1) is 34.0. The first-order chi connectivity index (χ1) is 20.9. The number of nitrogens with one attached hydrogen (secondary N) is 3. The fourth-order valence-corrected chi connectivity index (χ4v) is 7.66. The summed E-state index contributed by atoms with van der Waals surface area (Å²) < 4.78 is 35.6. The molecule has 4 rings (SSSR count). The van der Waals surface area contributed by atoms with E-state index in [0.717, 1.165) is 32.1 Å². The van der Waals surface area contributed by atoms with Gasteiger partial charge in [-0.25, -0.2) is 22.3 Å². The molecule has 1 saturated carbocycles. The molecule has 3 atom stereocenters. The number of benzene rings is 1. The molecule has 3 aliphatic rings. The van der Waals surface area contributed by atoms with Crippen molar-refractivity contribution in [3.63, 3.8) is 0 Å². The lowest BCUT2D eigenvalue weighted by Gasteiger charge is -2.38. The molecule has 3 N–H and O–H groups in total. The summed E-state index contributed by atoms with van der Waals surface area (Å²) in [5.41, 5.74) is 0.132. The van der Waals surface area contributed by atoms with Crippen LogP contribution in [0.15, 0.2) is 24.3 Å². The van der Waals surface area contributed by atoms with Gasteiger partial charge in [-0.05, 0) is 55.7 Å². The lowest BCUT2D eigenvalue weighted by Crippen LogP contribution is -2.53. The second kappa shape index (κ2) is 14.9. The summed E-state index contributed by atoms with van der Waals surface area (Å²) in [6, 6.07) is 4.83. The van der Waals surface area contributed by atoms with E-state index in [1.807, 2.05) is 0 Å². The van der Waals surface area contributed by atoms with Gasteiger partial charge in [0.1, 0.15) is 18.7 Å². The van der Waals surface area contributed by atoms with Crippen molar-refractivity contribution in [2.75, 3.05) is 26.5 Å². The molecule has 244 valence electrons. The van der Waals surface area contributed by atoms with Crippen LogP contribution in [0.1, 0.15) is 69.8 Å². The van der Waals surface area contributed by atoms with Crippen LogP contribution in [0.4, 0.5) is 4.79 Å². The van der Waals surface area contributed by atoms with Crippen molar-refractivity contribution in [1.82, 2.24) is 20.3 Å². The van der Waals surface area contributed by atoms with Gasteiger partial charge in [0.15, 0.2) is 0 Å². The van der Waals surface area contributed by atoms with Crippen LogP contribution in [0.3, 0.4) is 0 Å². The molecular weight excluding hydrogens is 612 g/mol. The van der Waals surface area contributed by atoms with Gasteiger partial charge in [0.25, 0.3) is 0 Å². The molecule has 2 heterocycles. The monoisotopic (exact) mass is 654 g/mol. The average molecular weight is 655 g/mol. The molecule has 0 radical (unpaired) electrons. The standard InChI is InChI=1S/C30H43ClN4O8S/c1-42-28(38)25(17-22-18-30(34-26(22)36)11-13-35(14-12-30)44(2,40)41)32-27(37)24(16-20-7-4-3-5-8-20)33-29(39)43-19-21-9-6-10-23(31)15-21/h6,9-10,15,20,22,24-25H,3-5,7-8,11-14,16-19H2,1-2H3,(H,32,37)(H,33,39)(H,34,36). The number of halogens is 1. The van der Waals surface area contributed by atoms with Gasteiger partial charge in [0.05, 0.1) is 13.4 Å². The summed E-state index contributed by atoms with van der Waals surface area (Å²) >= 11 is 6.02. The lowest BCUT2D eigenvalue weighted by atomic mass is 9.82. The Kier molecular flexibility index (Phi) is 11.5. The molecule has 12 nitrogen and oxygen atoms in total. The number of amides is 3. The van der Waals surface area contributed by atoms with Crippen LogP contribution in [0.5, 0.6) is 0 Å². The van der Waals surface area contributed by atoms with Gasteiger partial charge in [-0.3, -0.25) is 9.59 Å². The Hall–Kier alpha value is -2.90. The molecule has 2 aliphatic heterocycles. The van der Waals surface area contributed by atoms with Gasteiger partial charge < -0.3 is 25.4 Å². The molecule has 0 bridgehead atoms.